The van der Waals surface area contributed by atoms with Crippen LogP contribution >= 0.6 is 0 Å². The first-order valence-corrected chi connectivity index (χ1v) is 3.35. The lowest BCUT2D eigenvalue weighted by Gasteiger charge is -2.07. The summed E-state index contributed by atoms with van der Waals surface area (Å²) in [6, 6.07) is 1.46. The minimum atomic E-state index is -1.35. The topological polar surface area (TPSA) is 20.2 Å². The smallest absolute Gasteiger partial charge is 0.167 e. The molecule has 1 nitrogen and oxygen atoms in total. The molecule has 1 atom stereocenters. The van der Waals surface area contributed by atoms with Crippen LogP contribution in [0.3, 0.4) is 0 Å². The third-order valence-corrected chi connectivity index (χ3v) is 1.50. The maximum absolute atomic E-state index is 12.7. The molecule has 0 heterocycles. The molecule has 1 rings (SSSR count). The lowest BCUT2D eigenvalue weighted by Crippen LogP contribution is -2.02. The first kappa shape index (κ1) is 9.06. The van der Waals surface area contributed by atoms with Crippen LogP contribution in [0.15, 0.2) is 12.1 Å². The van der Waals surface area contributed by atoms with Crippen molar-refractivity contribution in [2.75, 3.05) is 0 Å². The van der Waals surface area contributed by atoms with E-state index in [0.29, 0.717) is 6.07 Å². The Labute approximate surface area is 67.5 Å². The fourth-order valence-corrected chi connectivity index (χ4v) is 0.926. The molecule has 12 heavy (non-hydrogen) atoms. The van der Waals surface area contributed by atoms with Crippen LogP contribution in [-0.2, 0) is 0 Å². The van der Waals surface area contributed by atoms with Gasteiger partial charge in [-0.25, -0.2) is 13.2 Å². The average Bonchev–Trinajstić information content (AvgIpc) is 1.97. The van der Waals surface area contributed by atoms with Gasteiger partial charge in [0.15, 0.2) is 11.6 Å². The van der Waals surface area contributed by atoms with E-state index in [-0.39, 0.29) is 0 Å². The van der Waals surface area contributed by atoms with Crippen LogP contribution in [0, 0.1) is 17.5 Å². The fourth-order valence-electron chi connectivity index (χ4n) is 0.926. The van der Waals surface area contributed by atoms with Gasteiger partial charge in [-0.05, 0) is 19.1 Å². The van der Waals surface area contributed by atoms with E-state index in [1.807, 2.05) is 0 Å². The van der Waals surface area contributed by atoms with Gasteiger partial charge in [0.2, 0.25) is 0 Å². The molecule has 0 aromatic heterocycles. The van der Waals surface area contributed by atoms with Crippen LogP contribution in [0.5, 0.6) is 0 Å². The minimum Gasteiger partial charge on any atom is -0.388 e. The highest BCUT2D eigenvalue weighted by Gasteiger charge is 2.17. The normalized spacial score (nSPS) is 13.1. The van der Waals surface area contributed by atoms with E-state index >= 15 is 0 Å². The Balaban J connectivity index is 3.33. The summed E-state index contributed by atoms with van der Waals surface area (Å²) in [5.41, 5.74) is -0.630. The maximum atomic E-state index is 12.7. The monoisotopic (exact) mass is 176 g/mol. The maximum Gasteiger partial charge on any atom is 0.167 e. The summed E-state index contributed by atoms with van der Waals surface area (Å²) in [6.07, 6.45) is -1.35. The van der Waals surface area contributed by atoms with Crippen molar-refractivity contribution in [3.05, 3.63) is 35.1 Å². The lowest BCUT2D eigenvalue weighted by molar-refractivity contribution is 0.187. The van der Waals surface area contributed by atoms with Crippen LogP contribution < -0.4 is 0 Å². The molecule has 0 aliphatic heterocycles. The van der Waals surface area contributed by atoms with Gasteiger partial charge >= 0.3 is 0 Å². The summed E-state index contributed by atoms with van der Waals surface area (Å²) < 4.78 is 37.9. The molecular weight excluding hydrogens is 169 g/mol. The molecular formula is C8H7F3O. The Hall–Kier alpha value is -1.03. The van der Waals surface area contributed by atoms with Crippen molar-refractivity contribution in [3.63, 3.8) is 0 Å². The summed E-state index contributed by atoms with van der Waals surface area (Å²) in [7, 11) is 0. The van der Waals surface area contributed by atoms with E-state index in [4.69, 9.17) is 5.11 Å². The molecule has 0 aliphatic rings. The highest BCUT2D eigenvalue weighted by molar-refractivity contribution is 5.22. The van der Waals surface area contributed by atoms with E-state index in [1.165, 1.54) is 6.92 Å². The number of aliphatic hydroxyl groups is 1. The summed E-state index contributed by atoms with van der Waals surface area (Å²) >= 11 is 0. The van der Waals surface area contributed by atoms with Gasteiger partial charge in [-0.2, -0.15) is 0 Å². The van der Waals surface area contributed by atoms with Crippen LogP contribution in [-0.4, -0.2) is 5.11 Å². The fraction of sp³-hybridized carbons (Fsp3) is 0.250. The zero-order valence-corrected chi connectivity index (χ0v) is 6.31. The van der Waals surface area contributed by atoms with Gasteiger partial charge in [-0.1, -0.05) is 0 Å². The number of rotatable bonds is 1. The first-order valence-electron chi connectivity index (χ1n) is 3.35. The molecule has 0 amide bonds. The van der Waals surface area contributed by atoms with Crippen molar-refractivity contribution in [3.8, 4) is 0 Å². The van der Waals surface area contributed by atoms with Crippen molar-refractivity contribution in [1.29, 1.82) is 0 Å². The van der Waals surface area contributed by atoms with E-state index < -0.39 is 29.1 Å². The number of benzene rings is 1. The van der Waals surface area contributed by atoms with Crippen molar-refractivity contribution in [2.45, 2.75) is 13.0 Å². The summed E-state index contributed by atoms with van der Waals surface area (Å²) in [5, 5.41) is 8.86. The number of aliphatic hydroxyl groups excluding tert-OH is 1. The first-order chi connectivity index (χ1) is 5.54. The number of halogens is 3. The zero-order chi connectivity index (χ0) is 9.30. The molecule has 1 N–H and O–H groups in total. The van der Waals surface area contributed by atoms with E-state index in [9.17, 15) is 13.2 Å². The SMILES string of the molecule is CC(O)c1c(F)ccc(F)c1F. The van der Waals surface area contributed by atoms with E-state index in [2.05, 4.69) is 0 Å². The third-order valence-electron chi connectivity index (χ3n) is 1.50. The second-order valence-corrected chi connectivity index (χ2v) is 2.43. The lowest BCUT2D eigenvalue weighted by atomic mass is 10.1. The van der Waals surface area contributed by atoms with Gasteiger partial charge in [0.05, 0.1) is 11.7 Å². The Morgan fingerprint density at radius 2 is 1.67 bits per heavy atom. The van der Waals surface area contributed by atoms with Crippen LogP contribution in [0.4, 0.5) is 13.2 Å². The summed E-state index contributed by atoms with van der Waals surface area (Å²) in [6.45, 7) is 1.17. The Morgan fingerprint density at radius 1 is 1.17 bits per heavy atom. The summed E-state index contributed by atoms with van der Waals surface area (Å²) in [5.74, 6) is -3.43. The van der Waals surface area contributed by atoms with Crippen LogP contribution in [0.25, 0.3) is 0 Å². The van der Waals surface area contributed by atoms with Crippen molar-refractivity contribution < 1.29 is 18.3 Å². The largest absolute Gasteiger partial charge is 0.388 e. The predicted octanol–water partition coefficient (Wildman–Crippen LogP) is 2.16. The van der Waals surface area contributed by atoms with Gasteiger partial charge in [0.1, 0.15) is 5.82 Å². The molecule has 0 aliphatic carbocycles. The molecule has 0 fully saturated rings. The average molecular weight is 176 g/mol. The molecule has 66 valence electrons. The molecule has 1 aromatic rings. The Kier molecular flexibility index (Phi) is 2.38. The molecule has 0 spiro atoms. The van der Waals surface area contributed by atoms with Gasteiger partial charge in [0, 0.05) is 0 Å². The van der Waals surface area contributed by atoms with Crippen molar-refractivity contribution in [1.82, 2.24) is 0 Å². The quantitative estimate of drug-likeness (QED) is 0.650. The van der Waals surface area contributed by atoms with Gasteiger partial charge in [-0.3, -0.25) is 0 Å². The highest BCUT2D eigenvalue weighted by atomic mass is 19.2. The molecule has 4 heteroatoms. The van der Waals surface area contributed by atoms with Crippen LogP contribution in [0.2, 0.25) is 0 Å². The standard InChI is InChI=1S/C8H7F3O/c1-4(12)7-5(9)2-3-6(10)8(7)11/h2-4,12H,1H3. The van der Waals surface area contributed by atoms with Gasteiger partial charge < -0.3 is 5.11 Å². The zero-order valence-electron chi connectivity index (χ0n) is 6.31. The third kappa shape index (κ3) is 1.43. The molecule has 0 saturated carbocycles. The predicted molar refractivity (Wildman–Crippen MR) is 36.9 cm³/mol. The van der Waals surface area contributed by atoms with Crippen LogP contribution in [0.1, 0.15) is 18.6 Å². The molecule has 0 saturated heterocycles. The second-order valence-electron chi connectivity index (χ2n) is 2.43. The molecule has 1 unspecified atom stereocenters. The van der Waals surface area contributed by atoms with Gasteiger partial charge in [-0.15, -0.1) is 0 Å². The number of hydrogen-bond donors (Lipinski definition) is 1. The van der Waals surface area contributed by atoms with E-state index in [0.717, 1.165) is 6.07 Å². The second kappa shape index (κ2) is 3.15. The Bertz CT molecular complexity index is 297. The highest BCUT2D eigenvalue weighted by Crippen LogP contribution is 2.21. The summed E-state index contributed by atoms with van der Waals surface area (Å²) in [4.78, 5) is 0. The van der Waals surface area contributed by atoms with Gasteiger partial charge in [0.25, 0.3) is 0 Å². The number of hydrogen-bond acceptors (Lipinski definition) is 1. The van der Waals surface area contributed by atoms with Crippen molar-refractivity contribution >= 4 is 0 Å². The molecule has 0 bridgehead atoms. The van der Waals surface area contributed by atoms with E-state index in [1.54, 1.807) is 0 Å². The minimum absolute atomic E-state index is 0.630. The van der Waals surface area contributed by atoms with Crippen molar-refractivity contribution in [2.24, 2.45) is 0 Å². The molecule has 1 aromatic carbocycles. The Morgan fingerprint density at radius 3 is 2.08 bits per heavy atom. The molecule has 0 radical (unpaired) electrons.